The Morgan fingerprint density at radius 1 is 1.31 bits per heavy atom. The van der Waals surface area contributed by atoms with Crippen LogP contribution in [0.3, 0.4) is 0 Å². The maximum absolute atomic E-state index is 5.43. The second kappa shape index (κ2) is 3.94. The molecule has 2 atom stereocenters. The number of hydrogen-bond acceptors (Lipinski definition) is 2. The van der Waals surface area contributed by atoms with Crippen molar-refractivity contribution in [2.45, 2.75) is 13.0 Å². The molecule has 2 unspecified atom stereocenters. The van der Waals surface area contributed by atoms with Crippen LogP contribution >= 0.6 is 0 Å². The second-order valence-corrected chi connectivity index (χ2v) is 3.37. The molecule has 1 radical (unpaired) electrons. The monoisotopic (exact) mass is 175 g/mol. The molecular formula is C10H12BO2. The summed E-state index contributed by atoms with van der Waals surface area (Å²) in [6, 6.07) is 10.2. The van der Waals surface area contributed by atoms with Crippen LogP contribution in [0.15, 0.2) is 30.3 Å². The van der Waals surface area contributed by atoms with Crippen molar-refractivity contribution in [3.05, 3.63) is 35.9 Å². The quantitative estimate of drug-likeness (QED) is 0.607. The lowest BCUT2D eigenvalue weighted by molar-refractivity contribution is 0.0349. The summed E-state index contributed by atoms with van der Waals surface area (Å²) in [5.41, 5.74) is 1.22. The molecular weight excluding hydrogens is 163 g/mol. The number of hydrogen-bond donors (Lipinski definition) is 0. The third-order valence-electron chi connectivity index (χ3n) is 2.27. The van der Waals surface area contributed by atoms with Crippen molar-refractivity contribution in [1.82, 2.24) is 0 Å². The van der Waals surface area contributed by atoms with Crippen molar-refractivity contribution >= 4 is 7.69 Å². The zero-order valence-corrected chi connectivity index (χ0v) is 7.64. The Hall–Kier alpha value is -0.795. The molecule has 0 amide bonds. The lowest BCUT2D eigenvalue weighted by Gasteiger charge is -2.28. The first-order valence-electron chi connectivity index (χ1n) is 4.51. The molecule has 1 aromatic carbocycles. The minimum atomic E-state index is 0.148. The summed E-state index contributed by atoms with van der Waals surface area (Å²) >= 11 is 0. The van der Waals surface area contributed by atoms with E-state index in [2.05, 4.69) is 19.1 Å². The molecule has 1 fully saturated rings. The second-order valence-electron chi connectivity index (χ2n) is 3.37. The minimum Gasteiger partial charge on any atom is -0.413 e. The van der Waals surface area contributed by atoms with Crippen molar-refractivity contribution < 1.29 is 9.31 Å². The van der Waals surface area contributed by atoms with Crippen LogP contribution in [0, 0.1) is 5.92 Å². The fourth-order valence-corrected chi connectivity index (χ4v) is 1.56. The highest BCUT2D eigenvalue weighted by Crippen LogP contribution is 2.28. The summed E-state index contributed by atoms with van der Waals surface area (Å²) in [5, 5.41) is 0. The van der Waals surface area contributed by atoms with Crippen LogP contribution < -0.4 is 0 Å². The Labute approximate surface area is 79.2 Å². The fraction of sp³-hybridized carbons (Fsp3) is 0.400. The van der Waals surface area contributed by atoms with Gasteiger partial charge in [-0.25, -0.2) is 0 Å². The van der Waals surface area contributed by atoms with Crippen molar-refractivity contribution in [3.8, 4) is 0 Å². The van der Waals surface area contributed by atoms with Gasteiger partial charge in [0.1, 0.15) is 0 Å². The molecule has 67 valence electrons. The summed E-state index contributed by atoms with van der Waals surface area (Å²) in [6.07, 6.45) is 0.148. The van der Waals surface area contributed by atoms with Gasteiger partial charge in [-0.2, -0.15) is 0 Å². The van der Waals surface area contributed by atoms with E-state index in [0.29, 0.717) is 5.92 Å². The highest BCUT2D eigenvalue weighted by molar-refractivity contribution is 6.18. The summed E-state index contributed by atoms with van der Waals surface area (Å²) in [7, 11) is 1.44. The van der Waals surface area contributed by atoms with Gasteiger partial charge < -0.3 is 9.31 Å². The first-order chi connectivity index (χ1) is 6.38. The van der Waals surface area contributed by atoms with Gasteiger partial charge in [0.15, 0.2) is 0 Å². The lowest BCUT2D eigenvalue weighted by Crippen LogP contribution is -2.27. The Kier molecular flexibility index (Phi) is 2.66. The number of rotatable bonds is 1. The Balaban J connectivity index is 2.15. The molecule has 1 aliphatic heterocycles. The first-order valence-corrected chi connectivity index (χ1v) is 4.51. The van der Waals surface area contributed by atoms with Gasteiger partial charge in [0.05, 0.1) is 6.10 Å². The van der Waals surface area contributed by atoms with Gasteiger partial charge in [-0.1, -0.05) is 37.3 Å². The maximum atomic E-state index is 5.43. The molecule has 1 saturated heterocycles. The van der Waals surface area contributed by atoms with E-state index in [9.17, 15) is 0 Å². The standard InChI is InChI=1S/C10H12BO2/c1-8-7-12-11-13-10(8)9-5-3-2-4-6-9/h2-6,8,10H,7H2,1H3. The Bertz CT molecular complexity index is 263. The van der Waals surface area contributed by atoms with Crippen LogP contribution in [0.1, 0.15) is 18.6 Å². The molecule has 13 heavy (non-hydrogen) atoms. The van der Waals surface area contributed by atoms with E-state index in [1.807, 2.05) is 18.2 Å². The molecule has 1 aromatic rings. The summed E-state index contributed by atoms with van der Waals surface area (Å²) in [6.45, 7) is 2.87. The van der Waals surface area contributed by atoms with E-state index in [0.717, 1.165) is 6.61 Å². The normalized spacial score (nSPS) is 28.1. The van der Waals surface area contributed by atoms with E-state index in [1.165, 1.54) is 13.2 Å². The van der Waals surface area contributed by atoms with Gasteiger partial charge in [-0.3, -0.25) is 0 Å². The van der Waals surface area contributed by atoms with E-state index in [4.69, 9.17) is 9.31 Å². The van der Waals surface area contributed by atoms with Crippen LogP contribution in [0.2, 0.25) is 0 Å². The lowest BCUT2D eigenvalue weighted by atomic mass is 9.95. The van der Waals surface area contributed by atoms with E-state index in [1.54, 1.807) is 0 Å². The molecule has 1 heterocycles. The van der Waals surface area contributed by atoms with E-state index < -0.39 is 0 Å². The van der Waals surface area contributed by atoms with Crippen molar-refractivity contribution in [1.29, 1.82) is 0 Å². The van der Waals surface area contributed by atoms with Crippen molar-refractivity contribution in [2.75, 3.05) is 6.61 Å². The first kappa shape index (κ1) is 8.79. The average molecular weight is 175 g/mol. The molecule has 3 heteroatoms. The summed E-state index contributed by atoms with van der Waals surface area (Å²) < 4.78 is 10.5. The maximum Gasteiger partial charge on any atom is 0.488 e. The third-order valence-corrected chi connectivity index (χ3v) is 2.27. The molecule has 0 aliphatic carbocycles. The predicted molar refractivity (Wildman–Crippen MR) is 51.1 cm³/mol. The van der Waals surface area contributed by atoms with Crippen molar-refractivity contribution in [2.24, 2.45) is 5.92 Å². The molecule has 0 spiro atoms. The highest BCUT2D eigenvalue weighted by Gasteiger charge is 2.24. The zero-order chi connectivity index (χ0) is 9.10. The smallest absolute Gasteiger partial charge is 0.413 e. The van der Waals surface area contributed by atoms with E-state index in [-0.39, 0.29) is 6.10 Å². The molecule has 2 nitrogen and oxygen atoms in total. The van der Waals surface area contributed by atoms with Crippen LogP contribution in [0.4, 0.5) is 0 Å². The van der Waals surface area contributed by atoms with Crippen LogP contribution in [0.5, 0.6) is 0 Å². The van der Waals surface area contributed by atoms with E-state index >= 15 is 0 Å². The van der Waals surface area contributed by atoms with Crippen LogP contribution in [0.25, 0.3) is 0 Å². The summed E-state index contributed by atoms with van der Waals surface area (Å²) in [4.78, 5) is 0. The molecule has 1 aliphatic rings. The highest BCUT2D eigenvalue weighted by atomic mass is 16.6. The van der Waals surface area contributed by atoms with Gasteiger partial charge >= 0.3 is 7.69 Å². The minimum absolute atomic E-state index is 0.148. The molecule has 0 aromatic heterocycles. The molecule has 2 rings (SSSR count). The Morgan fingerprint density at radius 2 is 2.08 bits per heavy atom. The van der Waals surface area contributed by atoms with Crippen LogP contribution in [-0.2, 0) is 9.31 Å². The van der Waals surface area contributed by atoms with Gasteiger partial charge in [-0.05, 0) is 5.56 Å². The third kappa shape index (κ3) is 1.93. The van der Waals surface area contributed by atoms with Gasteiger partial charge in [-0.15, -0.1) is 0 Å². The molecule has 0 N–H and O–H groups in total. The largest absolute Gasteiger partial charge is 0.488 e. The zero-order valence-electron chi connectivity index (χ0n) is 7.64. The molecule has 0 saturated carbocycles. The van der Waals surface area contributed by atoms with Crippen molar-refractivity contribution in [3.63, 3.8) is 0 Å². The van der Waals surface area contributed by atoms with Crippen LogP contribution in [-0.4, -0.2) is 14.3 Å². The predicted octanol–water partition coefficient (Wildman–Crippen LogP) is 1.94. The topological polar surface area (TPSA) is 18.5 Å². The number of benzene rings is 1. The average Bonchev–Trinajstić information content (AvgIpc) is 2.20. The Morgan fingerprint density at radius 3 is 2.77 bits per heavy atom. The van der Waals surface area contributed by atoms with Gasteiger partial charge in [0.25, 0.3) is 0 Å². The summed E-state index contributed by atoms with van der Waals surface area (Å²) in [5.74, 6) is 0.410. The van der Waals surface area contributed by atoms with Gasteiger partial charge in [0.2, 0.25) is 0 Å². The SMILES string of the molecule is CC1CO[B]OC1c1ccccc1. The van der Waals surface area contributed by atoms with Gasteiger partial charge in [0, 0.05) is 12.5 Å². The fourth-order valence-electron chi connectivity index (χ4n) is 1.56. The molecule has 0 bridgehead atoms.